The van der Waals surface area contributed by atoms with Gasteiger partial charge < -0.3 is 14.3 Å². The highest BCUT2D eigenvalue weighted by molar-refractivity contribution is 5.91. The summed E-state index contributed by atoms with van der Waals surface area (Å²) in [6, 6.07) is 13.4. The summed E-state index contributed by atoms with van der Waals surface area (Å²) in [5, 5.41) is 3.05. The van der Waals surface area contributed by atoms with Crippen molar-refractivity contribution in [3.05, 3.63) is 83.8 Å². The number of amides is 1. The summed E-state index contributed by atoms with van der Waals surface area (Å²) in [6.45, 7) is 2.22. The third-order valence-corrected chi connectivity index (χ3v) is 5.06. The molecule has 27 heavy (non-hydrogen) atoms. The molecule has 3 atom stereocenters. The highest BCUT2D eigenvalue weighted by Crippen LogP contribution is 2.47. The maximum absolute atomic E-state index is 12.5. The molecule has 5 nitrogen and oxygen atoms in total. The second kappa shape index (κ2) is 7.27. The van der Waals surface area contributed by atoms with E-state index in [1.54, 1.807) is 12.3 Å². The van der Waals surface area contributed by atoms with E-state index in [1.165, 1.54) is 12.5 Å². The number of hydrogen-bond donors (Lipinski definition) is 1. The SMILES string of the molecule is CC1CC1c1ccc(C=CC(=O)NC(c2ccccc2)c2nccn2C)o1. The van der Waals surface area contributed by atoms with Gasteiger partial charge in [0.15, 0.2) is 0 Å². The van der Waals surface area contributed by atoms with Crippen LogP contribution in [-0.2, 0) is 11.8 Å². The molecule has 0 saturated heterocycles. The zero-order valence-corrected chi connectivity index (χ0v) is 15.5. The van der Waals surface area contributed by atoms with Crippen LogP contribution < -0.4 is 5.32 Å². The van der Waals surface area contributed by atoms with Crippen molar-refractivity contribution in [3.8, 4) is 0 Å². The first-order chi connectivity index (χ1) is 13.1. The summed E-state index contributed by atoms with van der Waals surface area (Å²) in [6.07, 6.45) is 8.01. The number of rotatable bonds is 6. The van der Waals surface area contributed by atoms with Gasteiger partial charge in [0, 0.05) is 31.4 Å². The van der Waals surface area contributed by atoms with Gasteiger partial charge in [0.25, 0.3) is 0 Å². The molecule has 2 heterocycles. The van der Waals surface area contributed by atoms with E-state index >= 15 is 0 Å². The number of nitrogens with zero attached hydrogens (tertiary/aromatic N) is 2. The topological polar surface area (TPSA) is 60.1 Å². The molecule has 1 aliphatic carbocycles. The van der Waals surface area contributed by atoms with Gasteiger partial charge in [-0.15, -0.1) is 0 Å². The molecular weight excluding hydrogens is 338 g/mol. The number of hydrogen-bond acceptors (Lipinski definition) is 3. The van der Waals surface area contributed by atoms with Crippen LogP contribution in [0.5, 0.6) is 0 Å². The van der Waals surface area contributed by atoms with Gasteiger partial charge in [-0.25, -0.2) is 4.98 Å². The molecule has 0 aliphatic heterocycles. The minimum absolute atomic E-state index is 0.190. The van der Waals surface area contributed by atoms with Gasteiger partial charge in [0.2, 0.25) is 5.91 Å². The van der Waals surface area contributed by atoms with Gasteiger partial charge in [-0.3, -0.25) is 4.79 Å². The Morgan fingerprint density at radius 3 is 2.74 bits per heavy atom. The van der Waals surface area contributed by atoms with Crippen LogP contribution in [-0.4, -0.2) is 15.5 Å². The predicted octanol–water partition coefficient (Wildman–Crippen LogP) is 4.06. The first-order valence-electron chi connectivity index (χ1n) is 9.22. The molecule has 1 saturated carbocycles. The van der Waals surface area contributed by atoms with Gasteiger partial charge in [0.05, 0.1) is 0 Å². The fourth-order valence-corrected chi connectivity index (χ4v) is 3.32. The summed E-state index contributed by atoms with van der Waals surface area (Å²) >= 11 is 0. The van der Waals surface area contributed by atoms with E-state index in [-0.39, 0.29) is 11.9 Å². The molecule has 1 amide bonds. The summed E-state index contributed by atoms with van der Waals surface area (Å²) < 4.78 is 7.74. The third kappa shape index (κ3) is 3.87. The van der Waals surface area contributed by atoms with Crippen LogP contribution in [0.15, 0.2) is 65.4 Å². The van der Waals surface area contributed by atoms with Crippen molar-refractivity contribution >= 4 is 12.0 Å². The zero-order valence-electron chi connectivity index (χ0n) is 15.5. The van der Waals surface area contributed by atoms with Crippen LogP contribution in [0.2, 0.25) is 0 Å². The van der Waals surface area contributed by atoms with E-state index in [0.29, 0.717) is 17.6 Å². The molecule has 0 radical (unpaired) electrons. The molecule has 3 unspecified atom stereocenters. The Bertz CT molecular complexity index is 955. The number of nitrogens with one attached hydrogen (secondary N) is 1. The predicted molar refractivity (Wildman–Crippen MR) is 104 cm³/mol. The standard InChI is InChI=1S/C22H23N3O2/c1-15-14-18(15)19-10-8-17(27-19)9-11-20(26)24-21(16-6-4-3-5-7-16)22-23-12-13-25(22)2/h3-13,15,18,21H,14H2,1-2H3,(H,24,26). The lowest BCUT2D eigenvalue weighted by Gasteiger charge is -2.18. The van der Waals surface area contributed by atoms with E-state index < -0.39 is 0 Å². The molecule has 1 N–H and O–H groups in total. The van der Waals surface area contributed by atoms with Crippen LogP contribution in [0, 0.1) is 5.92 Å². The Kier molecular flexibility index (Phi) is 4.67. The highest BCUT2D eigenvalue weighted by atomic mass is 16.3. The minimum Gasteiger partial charge on any atom is -0.461 e. The van der Waals surface area contributed by atoms with E-state index in [1.807, 2.05) is 60.3 Å². The molecule has 1 aliphatic rings. The van der Waals surface area contributed by atoms with Crippen molar-refractivity contribution in [2.24, 2.45) is 13.0 Å². The number of carbonyl (C=O) groups is 1. The molecule has 138 valence electrons. The average Bonchev–Trinajstić information content (AvgIpc) is 3.06. The van der Waals surface area contributed by atoms with Gasteiger partial charge in [-0.1, -0.05) is 37.3 Å². The van der Waals surface area contributed by atoms with Crippen molar-refractivity contribution in [2.45, 2.75) is 25.3 Å². The second-order valence-electron chi connectivity index (χ2n) is 7.14. The molecule has 4 rings (SSSR count). The number of aromatic nitrogens is 2. The largest absolute Gasteiger partial charge is 0.461 e. The second-order valence-corrected chi connectivity index (χ2v) is 7.14. The number of aryl methyl sites for hydroxylation is 1. The van der Waals surface area contributed by atoms with Gasteiger partial charge in [0.1, 0.15) is 23.4 Å². The normalized spacial score (nSPS) is 19.9. The van der Waals surface area contributed by atoms with E-state index in [4.69, 9.17) is 4.42 Å². The molecular formula is C22H23N3O2. The first kappa shape index (κ1) is 17.3. The molecule has 3 aromatic rings. The van der Waals surface area contributed by atoms with E-state index in [0.717, 1.165) is 17.1 Å². The van der Waals surface area contributed by atoms with Crippen LogP contribution in [0.25, 0.3) is 6.08 Å². The van der Waals surface area contributed by atoms with Crippen LogP contribution in [0.3, 0.4) is 0 Å². The van der Waals surface area contributed by atoms with E-state index in [9.17, 15) is 4.79 Å². The Morgan fingerprint density at radius 1 is 1.30 bits per heavy atom. The maximum atomic E-state index is 12.5. The number of furan rings is 1. The van der Waals surface area contributed by atoms with Gasteiger partial charge in [-0.05, 0) is 36.1 Å². The van der Waals surface area contributed by atoms with Crippen LogP contribution in [0.4, 0.5) is 0 Å². The summed E-state index contributed by atoms with van der Waals surface area (Å²) in [5.74, 6) is 3.54. The fourth-order valence-electron chi connectivity index (χ4n) is 3.32. The average molecular weight is 361 g/mol. The quantitative estimate of drug-likeness (QED) is 0.674. The first-order valence-corrected chi connectivity index (χ1v) is 9.22. The number of carbonyl (C=O) groups excluding carboxylic acids is 1. The maximum Gasteiger partial charge on any atom is 0.244 e. The summed E-state index contributed by atoms with van der Waals surface area (Å²) in [4.78, 5) is 16.9. The third-order valence-electron chi connectivity index (χ3n) is 5.06. The molecule has 5 heteroatoms. The smallest absolute Gasteiger partial charge is 0.244 e. The molecule has 1 aromatic carbocycles. The van der Waals surface area contributed by atoms with Crippen LogP contribution in [0.1, 0.15) is 48.2 Å². The Morgan fingerprint density at radius 2 is 2.07 bits per heavy atom. The van der Waals surface area contributed by atoms with Crippen LogP contribution >= 0.6 is 0 Å². The van der Waals surface area contributed by atoms with E-state index in [2.05, 4.69) is 17.2 Å². The lowest BCUT2D eigenvalue weighted by molar-refractivity contribution is -0.117. The Balaban J connectivity index is 1.48. The Hall–Kier alpha value is -3.08. The lowest BCUT2D eigenvalue weighted by atomic mass is 10.1. The monoisotopic (exact) mass is 361 g/mol. The minimum atomic E-state index is -0.317. The fraction of sp³-hybridized carbons (Fsp3) is 0.273. The van der Waals surface area contributed by atoms with Gasteiger partial charge >= 0.3 is 0 Å². The van der Waals surface area contributed by atoms with Crippen molar-refractivity contribution in [1.29, 1.82) is 0 Å². The highest BCUT2D eigenvalue weighted by Gasteiger charge is 2.36. The summed E-state index contributed by atoms with van der Waals surface area (Å²) in [7, 11) is 1.92. The summed E-state index contributed by atoms with van der Waals surface area (Å²) in [5.41, 5.74) is 0.983. The molecule has 1 fully saturated rings. The zero-order chi connectivity index (χ0) is 18.8. The molecule has 2 aromatic heterocycles. The molecule has 0 spiro atoms. The number of benzene rings is 1. The molecule has 0 bridgehead atoms. The van der Waals surface area contributed by atoms with Gasteiger partial charge in [-0.2, -0.15) is 0 Å². The lowest BCUT2D eigenvalue weighted by Crippen LogP contribution is -2.29. The van der Waals surface area contributed by atoms with Crippen molar-refractivity contribution in [1.82, 2.24) is 14.9 Å². The van der Waals surface area contributed by atoms with Crippen molar-refractivity contribution < 1.29 is 9.21 Å². The Labute approximate surface area is 158 Å². The number of imidazole rings is 1. The van der Waals surface area contributed by atoms with Crippen molar-refractivity contribution in [2.75, 3.05) is 0 Å². The van der Waals surface area contributed by atoms with Crippen molar-refractivity contribution in [3.63, 3.8) is 0 Å².